The third-order valence-corrected chi connectivity index (χ3v) is 6.64. The maximum absolute atomic E-state index is 13.1. The molecule has 1 N–H and O–H groups in total. The van der Waals surface area contributed by atoms with Crippen LogP contribution in [0.5, 0.6) is 5.75 Å². The van der Waals surface area contributed by atoms with Gasteiger partial charge >= 0.3 is 0 Å². The first-order valence-electron chi connectivity index (χ1n) is 11.2. The number of carbonyl (C=O) groups excluding carboxylic acids is 1. The number of hydrogen-bond donors (Lipinski definition) is 1. The molecule has 2 aromatic heterocycles. The number of benzene rings is 1. The Labute approximate surface area is 190 Å². The van der Waals surface area contributed by atoms with Crippen LogP contribution in [0.25, 0.3) is 5.65 Å². The minimum Gasteiger partial charge on any atom is -0.490 e. The molecular weight excluding hydrogens is 428 g/mol. The summed E-state index contributed by atoms with van der Waals surface area (Å²) in [6.07, 6.45) is 3.85. The molecule has 3 aromatic rings. The lowest BCUT2D eigenvalue weighted by Crippen LogP contribution is -2.26. The lowest BCUT2D eigenvalue weighted by Gasteiger charge is -2.24. The zero-order valence-corrected chi connectivity index (χ0v) is 18.9. The molecule has 3 heterocycles. The van der Waals surface area contributed by atoms with Crippen molar-refractivity contribution in [3.63, 3.8) is 0 Å². The number of alkyl halides is 2. The Morgan fingerprint density at radius 1 is 1.24 bits per heavy atom. The monoisotopic (exact) mass is 455 g/mol. The summed E-state index contributed by atoms with van der Waals surface area (Å²) in [6, 6.07) is 7.43. The van der Waals surface area contributed by atoms with Gasteiger partial charge in [-0.1, -0.05) is 12.1 Å². The summed E-state index contributed by atoms with van der Waals surface area (Å²) in [5.41, 5.74) is 1.92. The molecule has 1 aromatic carbocycles. The third kappa shape index (κ3) is 3.97. The van der Waals surface area contributed by atoms with E-state index in [1.165, 1.54) is 18.2 Å². The average Bonchev–Trinajstić information content (AvgIpc) is 3.43. The van der Waals surface area contributed by atoms with E-state index in [9.17, 15) is 13.6 Å². The Morgan fingerprint density at radius 3 is 2.70 bits per heavy atom. The largest absolute Gasteiger partial charge is 0.490 e. The fourth-order valence-corrected chi connectivity index (χ4v) is 4.99. The van der Waals surface area contributed by atoms with E-state index in [0.29, 0.717) is 29.3 Å². The highest BCUT2D eigenvalue weighted by Gasteiger charge is 2.55. The zero-order valence-electron chi connectivity index (χ0n) is 18.9. The van der Waals surface area contributed by atoms with E-state index in [2.05, 4.69) is 12.2 Å². The minimum atomic E-state index is -2.61. The van der Waals surface area contributed by atoms with Crippen LogP contribution in [0.2, 0.25) is 0 Å². The van der Waals surface area contributed by atoms with Crippen LogP contribution in [-0.4, -0.2) is 33.6 Å². The highest BCUT2D eigenvalue weighted by atomic mass is 19.3. The molecule has 8 heteroatoms. The number of rotatable bonds is 6. The van der Waals surface area contributed by atoms with Gasteiger partial charge in [-0.15, -0.1) is 0 Å². The van der Waals surface area contributed by atoms with Crippen LogP contribution in [0.15, 0.2) is 42.7 Å². The fraction of sp³-hybridized carbons (Fsp3) is 0.440. The molecule has 33 heavy (non-hydrogen) atoms. The second-order valence-corrected chi connectivity index (χ2v) is 9.69. The summed E-state index contributed by atoms with van der Waals surface area (Å²) >= 11 is 0. The van der Waals surface area contributed by atoms with E-state index in [1.54, 1.807) is 18.3 Å². The molecule has 0 spiro atoms. The molecule has 2 bridgehead atoms. The molecule has 1 aliphatic heterocycles. The summed E-state index contributed by atoms with van der Waals surface area (Å²) in [5.74, 6) is -0.0429. The van der Waals surface area contributed by atoms with Crippen LogP contribution in [-0.2, 0) is 10.2 Å². The SMILES string of the molecule is CC(C)Oc1cc2nc(C34CCC(C)(C3)OC4)cn2cc1C(=O)Nc1cccc(C(F)F)c1. The number of nitrogens with one attached hydrogen (secondary N) is 1. The van der Waals surface area contributed by atoms with Gasteiger partial charge in [-0.25, -0.2) is 13.8 Å². The molecule has 1 amide bonds. The van der Waals surface area contributed by atoms with Crippen LogP contribution in [0.1, 0.15) is 68.1 Å². The molecule has 2 atom stereocenters. The predicted molar refractivity (Wildman–Crippen MR) is 120 cm³/mol. The van der Waals surface area contributed by atoms with Gasteiger partial charge in [0.25, 0.3) is 12.3 Å². The zero-order chi connectivity index (χ0) is 23.4. The quantitative estimate of drug-likeness (QED) is 0.531. The van der Waals surface area contributed by atoms with Crippen molar-refractivity contribution in [3.8, 4) is 5.75 Å². The fourth-order valence-electron chi connectivity index (χ4n) is 4.99. The first-order chi connectivity index (χ1) is 15.7. The van der Waals surface area contributed by atoms with Gasteiger partial charge in [0.05, 0.1) is 29.6 Å². The molecule has 1 saturated heterocycles. The molecular formula is C25H27F2N3O3. The van der Waals surface area contributed by atoms with Crippen molar-refractivity contribution < 1.29 is 23.0 Å². The highest BCUT2D eigenvalue weighted by molar-refractivity contribution is 6.06. The van der Waals surface area contributed by atoms with E-state index >= 15 is 0 Å². The number of aromatic nitrogens is 2. The standard InChI is InChI=1S/C25H27F2N3O3/c1-15(2)33-19-10-21-29-20(25-8-7-24(3,13-25)32-14-25)12-30(21)11-18(19)23(31)28-17-6-4-5-16(9-17)22(26)27/h4-6,9-12,15,22H,7-8,13-14H2,1-3H3,(H,28,31). The van der Waals surface area contributed by atoms with E-state index in [-0.39, 0.29) is 22.7 Å². The predicted octanol–water partition coefficient (Wildman–Crippen LogP) is 5.52. The van der Waals surface area contributed by atoms with Crippen molar-refractivity contribution in [1.29, 1.82) is 0 Å². The molecule has 2 fully saturated rings. The molecule has 0 radical (unpaired) electrons. The number of carbonyl (C=O) groups is 1. The molecule has 2 aliphatic rings. The summed E-state index contributed by atoms with van der Waals surface area (Å²) in [7, 11) is 0. The third-order valence-electron chi connectivity index (χ3n) is 6.64. The summed E-state index contributed by atoms with van der Waals surface area (Å²) in [5, 5.41) is 2.72. The van der Waals surface area contributed by atoms with Gasteiger partial charge in [-0.2, -0.15) is 0 Å². The van der Waals surface area contributed by atoms with Crippen molar-refractivity contribution >= 4 is 17.2 Å². The van der Waals surface area contributed by atoms with Crippen molar-refractivity contribution in [2.45, 2.75) is 63.6 Å². The van der Waals surface area contributed by atoms with E-state index in [4.69, 9.17) is 14.5 Å². The maximum atomic E-state index is 13.1. The topological polar surface area (TPSA) is 64.9 Å². The number of imidazole rings is 1. The number of ether oxygens (including phenoxy) is 2. The first kappa shape index (κ1) is 21.8. The lowest BCUT2D eigenvalue weighted by atomic mass is 9.84. The normalized spacial score (nSPS) is 24.2. The summed E-state index contributed by atoms with van der Waals surface area (Å²) < 4.78 is 39.9. The highest BCUT2D eigenvalue weighted by Crippen LogP contribution is 2.53. The van der Waals surface area contributed by atoms with Crippen LogP contribution < -0.4 is 10.1 Å². The van der Waals surface area contributed by atoms with Crippen LogP contribution >= 0.6 is 0 Å². The molecule has 6 nitrogen and oxygen atoms in total. The molecule has 5 rings (SSSR count). The second-order valence-electron chi connectivity index (χ2n) is 9.69. The Hall–Kier alpha value is -3.00. The number of fused-ring (bicyclic) bond motifs is 3. The first-order valence-corrected chi connectivity index (χ1v) is 11.2. The van der Waals surface area contributed by atoms with Gasteiger partial charge in [0, 0.05) is 35.1 Å². The van der Waals surface area contributed by atoms with Gasteiger partial charge in [-0.05, 0) is 52.2 Å². The van der Waals surface area contributed by atoms with Crippen LogP contribution in [0.3, 0.4) is 0 Å². The van der Waals surface area contributed by atoms with Gasteiger partial charge in [0.15, 0.2) is 0 Å². The molecule has 2 unspecified atom stereocenters. The van der Waals surface area contributed by atoms with Crippen molar-refractivity contribution in [2.24, 2.45) is 0 Å². The number of amides is 1. The molecule has 1 aliphatic carbocycles. The van der Waals surface area contributed by atoms with Crippen molar-refractivity contribution in [1.82, 2.24) is 9.38 Å². The Bertz CT molecular complexity index is 1210. The van der Waals surface area contributed by atoms with Gasteiger partial charge < -0.3 is 19.2 Å². The van der Waals surface area contributed by atoms with Gasteiger partial charge in [0.1, 0.15) is 11.4 Å². The van der Waals surface area contributed by atoms with Crippen LogP contribution in [0, 0.1) is 0 Å². The average molecular weight is 456 g/mol. The Kier molecular flexibility index (Phi) is 5.16. The number of nitrogens with zero attached hydrogens (tertiary/aromatic N) is 2. The second kappa shape index (κ2) is 7.80. The maximum Gasteiger partial charge on any atom is 0.263 e. The number of pyridine rings is 1. The van der Waals surface area contributed by atoms with Gasteiger partial charge in [-0.3, -0.25) is 4.79 Å². The lowest BCUT2D eigenvalue weighted by molar-refractivity contribution is -0.00627. The van der Waals surface area contributed by atoms with Crippen LogP contribution in [0.4, 0.5) is 14.5 Å². The smallest absolute Gasteiger partial charge is 0.263 e. The summed E-state index contributed by atoms with van der Waals surface area (Å²) in [6.45, 7) is 6.56. The number of anilines is 1. The van der Waals surface area contributed by atoms with Crippen molar-refractivity contribution in [2.75, 3.05) is 11.9 Å². The van der Waals surface area contributed by atoms with Gasteiger partial charge in [0.2, 0.25) is 0 Å². The Balaban J connectivity index is 1.50. The van der Waals surface area contributed by atoms with E-state index in [0.717, 1.165) is 25.0 Å². The summed E-state index contributed by atoms with van der Waals surface area (Å²) in [4.78, 5) is 18.0. The number of hydrogen-bond acceptors (Lipinski definition) is 4. The molecule has 174 valence electrons. The van der Waals surface area contributed by atoms with Crippen molar-refractivity contribution in [3.05, 3.63) is 59.5 Å². The number of halogens is 2. The Morgan fingerprint density at radius 2 is 2.06 bits per heavy atom. The van der Waals surface area contributed by atoms with E-state index in [1.807, 2.05) is 24.4 Å². The minimum absolute atomic E-state index is 0.0838. The van der Waals surface area contributed by atoms with E-state index < -0.39 is 12.3 Å². The molecule has 1 saturated carbocycles.